The van der Waals surface area contributed by atoms with E-state index < -0.39 is 0 Å². The van der Waals surface area contributed by atoms with Gasteiger partial charge in [0, 0.05) is 5.92 Å². The molecule has 0 amide bonds. The van der Waals surface area contributed by atoms with E-state index >= 15 is 0 Å². The molecule has 5 atom stereocenters. The fourth-order valence-electron chi connectivity index (χ4n) is 2.72. The summed E-state index contributed by atoms with van der Waals surface area (Å²) in [6.45, 7) is 5.79. The van der Waals surface area contributed by atoms with Gasteiger partial charge in [0.15, 0.2) is 0 Å². The fourth-order valence-corrected chi connectivity index (χ4v) is 2.72. The maximum Gasteiger partial charge on any atom is 0.323 e. The number of aldehydes is 1. The van der Waals surface area contributed by atoms with Crippen LogP contribution in [0.4, 0.5) is 0 Å². The molecule has 120 valence electrons. The Morgan fingerprint density at radius 2 is 1.95 bits per heavy atom. The number of carbonyl (C=O) groups is 2. The first-order valence-corrected chi connectivity index (χ1v) is 7.73. The lowest BCUT2D eigenvalue weighted by Crippen LogP contribution is -2.53. The lowest BCUT2D eigenvalue weighted by atomic mass is 10.00. The topological polar surface area (TPSA) is 67.4 Å². The number of hydrogen-bond donors (Lipinski definition) is 2. The Labute approximate surface area is 131 Å². The summed E-state index contributed by atoms with van der Waals surface area (Å²) < 4.78 is 5.22. The van der Waals surface area contributed by atoms with Crippen LogP contribution in [0.25, 0.3) is 0 Å². The van der Waals surface area contributed by atoms with Crippen molar-refractivity contribution in [3.05, 3.63) is 35.9 Å². The van der Waals surface area contributed by atoms with Gasteiger partial charge in [-0.1, -0.05) is 37.3 Å². The molecule has 1 unspecified atom stereocenters. The average Bonchev–Trinajstić information content (AvgIpc) is 2.74. The molecular weight excluding hydrogens is 280 g/mol. The summed E-state index contributed by atoms with van der Waals surface area (Å²) in [5.74, 6) is -0.111. The van der Waals surface area contributed by atoms with Crippen LogP contribution in [0.15, 0.2) is 30.3 Å². The van der Waals surface area contributed by atoms with E-state index in [-0.39, 0.29) is 36.2 Å². The molecule has 2 rings (SSSR count). The third-order valence-electron chi connectivity index (χ3n) is 4.18. The Balaban J connectivity index is 1.88. The van der Waals surface area contributed by atoms with Crippen molar-refractivity contribution in [3.63, 3.8) is 0 Å². The molecule has 0 radical (unpaired) electrons. The Bertz CT molecular complexity index is 506. The van der Waals surface area contributed by atoms with E-state index in [4.69, 9.17) is 4.74 Å². The van der Waals surface area contributed by atoms with Crippen LogP contribution in [0.3, 0.4) is 0 Å². The molecule has 1 fully saturated rings. The van der Waals surface area contributed by atoms with Crippen LogP contribution < -0.4 is 10.6 Å². The van der Waals surface area contributed by atoms with Crippen LogP contribution >= 0.6 is 0 Å². The summed E-state index contributed by atoms with van der Waals surface area (Å²) >= 11 is 0. The number of hydrogen-bond acceptors (Lipinski definition) is 5. The number of rotatable bonds is 7. The number of carbonyl (C=O) groups excluding carboxylic acids is 2. The van der Waals surface area contributed by atoms with Crippen molar-refractivity contribution in [1.29, 1.82) is 0 Å². The fraction of sp³-hybridized carbons (Fsp3) is 0.529. The van der Waals surface area contributed by atoms with Crippen LogP contribution in [0.2, 0.25) is 0 Å². The Morgan fingerprint density at radius 1 is 1.27 bits per heavy atom. The molecule has 1 saturated heterocycles. The number of nitrogens with one attached hydrogen (secondary N) is 2. The lowest BCUT2D eigenvalue weighted by molar-refractivity contribution is -0.142. The van der Waals surface area contributed by atoms with Crippen LogP contribution in [-0.2, 0) is 20.7 Å². The predicted molar refractivity (Wildman–Crippen MR) is 84.2 cm³/mol. The zero-order valence-electron chi connectivity index (χ0n) is 13.3. The van der Waals surface area contributed by atoms with Gasteiger partial charge in [0.2, 0.25) is 0 Å². The summed E-state index contributed by atoms with van der Waals surface area (Å²) in [5, 5.41) is 6.43. The predicted octanol–water partition coefficient (Wildman–Crippen LogP) is 1.27. The van der Waals surface area contributed by atoms with Gasteiger partial charge >= 0.3 is 5.97 Å². The summed E-state index contributed by atoms with van der Waals surface area (Å²) in [5.41, 5.74) is 1.10. The summed E-state index contributed by atoms with van der Waals surface area (Å²) in [4.78, 5) is 23.1. The Kier molecular flexibility index (Phi) is 5.69. The van der Waals surface area contributed by atoms with E-state index in [2.05, 4.69) is 10.6 Å². The van der Waals surface area contributed by atoms with Gasteiger partial charge in [-0.05, 0) is 25.8 Å². The maximum atomic E-state index is 11.8. The van der Waals surface area contributed by atoms with Crippen molar-refractivity contribution in [2.45, 2.75) is 51.5 Å². The van der Waals surface area contributed by atoms with Crippen LogP contribution in [0, 0.1) is 5.92 Å². The first kappa shape index (κ1) is 16.6. The largest absolute Gasteiger partial charge is 0.461 e. The van der Waals surface area contributed by atoms with Gasteiger partial charge < -0.3 is 9.53 Å². The second-order valence-electron chi connectivity index (χ2n) is 5.97. The minimum Gasteiger partial charge on any atom is -0.461 e. The van der Waals surface area contributed by atoms with Crippen molar-refractivity contribution < 1.29 is 14.3 Å². The van der Waals surface area contributed by atoms with Gasteiger partial charge in [0.05, 0.1) is 12.2 Å². The van der Waals surface area contributed by atoms with E-state index in [9.17, 15) is 9.59 Å². The molecule has 0 aromatic heterocycles. The molecule has 0 spiro atoms. The highest BCUT2D eigenvalue weighted by Gasteiger charge is 2.39. The van der Waals surface area contributed by atoms with Gasteiger partial charge in [-0.3, -0.25) is 15.4 Å². The number of cyclic esters (lactones) is 1. The second-order valence-corrected chi connectivity index (χ2v) is 5.97. The molecule has 0 aliphatic carbocycles. The molecule has 1 aliphatic rings. The quantitative estimate of drug-likeness (QED) is 0.451. The third kappa shape index (κ3) is 4.15. The highest BCUT2D eigenvalue weighted by atomic mass is 16.6. The Hall–Kier alpha value is -1.72. The molecule has 0 saturated carbocycles. The third-order valence-corrected chi connectivity index (χ3v) is 4.18. The van der Waals surface area contributed by atoms with Gasteiger partial charge in [0.25, 0.3) is 0 Å². The monoisotopic (exact) mass is 304 g/mol. The average molecular weight is 304 g/mol. The molecule has 1 aromatic rings. The van der Waals surface area contributed by atoms with Crippen molar-refractivity contribution in [1.82, 2.24) is 10.6 Å². The highest BCUT2D eigenvalue weighted by Crippen LogP contribution is 2.21. The van der Waals surface area contributed by atoms with E-state index in [1.807, 2.05) is 51.1 Å². The molecule has 5 nitrogen and oxygen atoms in total. The molecule has 22 heavy (non-hydrogen) atoms. The summed E-state index contributed by atoms with van der Waals surface area (Å²) in [6.07, 6.45) is 1.29. The molecule has 5 heteroatoms. The molecule has 0 bridgehead atoms. The second kappa shape index (κ2) is 7.51. The summed E-state index contributed by atoms with van der Waals surface area (Å²) in [7, 11) is 0. The minimum atomic E-state index is -0.332. The minimum absolute atomic E-state index is 0.0802. The standard InChI is InChI=1S/C17H24N2O3/c1-11-12(2)22-17(21)16(11)19-13(3)18-15(10-20)9-14-7-5-4-6-8-14/h4-8,10-13,15-16,18-19H,9H2,1-3H3/t11-,12-,13?,15+,16+/m0/s1. The van der Waals surface area contributed by atoms with Gasteiger partial charge in [0.1, 0.15) is 18.4 Å². The smallest absolute Gasteiger partial charge is 0.323 e. The molecule has 1 heterocycles. The van der Waals surface area contributed by atoms with Crippen LogP contribution in [-0.4, -0.2) is 36.6 Å². The number of ether oxygens (including phenoxy) is 1. The zero-order valence-corrected chi connectivity index (χ0v) is 13.3. The van der Waals surface area contributed by atoms with E-state index in [1.165, 1.54) is 0 Å². The Morgan fingerprint density at radius 3 is 2.50 bits per heavy atom. The highest BCUT2D eigenvalue weighted by molar-refractivity contribution is 5.78. The molecule has 1 aromatic carbocycles. The van der Waals surface area contributed by atoms with Gasteiger partial charge in [-0.25, -0.2) is 0 Å². The SMILES string of the molecule is CC(N[C@@H](C=O)Cc1ccccc1)N[C@H]1C(=O)O[C@@H](C)[C@@H]1C. The first-order chi connectivity index (χ1) is 10.5. The van der Waals surface area contributed by atoms with Crippen LogP contribution in [0.1, 0.15) is 26.3 Å². The normalized spacial score (nSPS) is 27.2. The van der Waals surface area contributed by atoms with Gasteiger partial charge in [-0.15, -0.1) is 0 Å². The van der Waals surface area contributed by atoms with Crippen LogP contribution in [0.5, 0.6) is 0 Å². The lowest BCUT2D eigenvalue weighted by Gasteiger charge is -2.24. The van der Waals surface area contributed by atoms with E-state index in [0.717, 1.165) is 11.8 Å². The van der Waals surface area contributed by atoms with Crippen molar-refractivity contribution in [3.8, 4) is 0 Å². The molecule has 2 N–H and O–H groups in total. The maximum absolute atomic E-state index is 11.8. The van der Waals surface area contributed by atoms with Crippen molar-refractivity contribution in [2.24, 2.45) is 5.92 Å². The molecule has 1 aliphatic heterocycles. The zero-order chi connectivity index (χ0) is 16.1. The first-order valence-electron chi connectivity index (χ1n) is 7.73. The number of benzene rings is 1. The van der Waals surface area contributed by atoms with Crippen molar-refractivity contribution in [2.75, 3.05) is 0 Å². The van der Waals surface area contributed by atoms with E-state index in [1.54, 1.807) is 0 Å². The molecular formula is C17H24N2O3. The van der Waals surface area contributed by atoms with E-state index in [0.29, 0.717) is 6.42 Å². The number of esters is 1. The van der Waals surface area contributed by atoms with Crippen molar-refractivity contribution >= 4 is 12.3 Å². The van der Waals surface area contributed by atoms with Gasteiger partial charge in [-0.2, -0.15) is 0 Å². The summed E-state index contributed by atoms with van der Waals surface area (Å²) in [6, 6.07) is 9.22.